The van der Waals surface area contributed by atoms with Crippen LogP contribution < -0.4 is 5.32 Å². The van der Waals surface area contributed by atoms with Crippen molar-refractivity contribution < 1.29 is 4.74 Å². The zero-order chi connectivity index (χ0) is 18.2. The van der Waals surface area contributed by atoms with Crippen LogP contribution in [0, 0.1) is 5.92 Å². The van der Waals surface area contributed by atoms with Crippen molar-refractivity contribution >= 4 is 5.96 Å². The van der Waals surface area contributed by atoms with E-state index >= 15 is 0 Å². The SMILES string of the molecule is CN=C(NCc1cccc(COC)c1)N1CCC(Cc2ccccc2)C1. The molecule has 1 heterocycles. The van der Waals surface area contributed by atoms with Gasteiger partial charge in [-0.2, -0.15) is 0 Å². The zero-order valence-corrected chi connectivity index (χ0v) is 15.8. The van der Waals surface area contributed by atoms with Gasteiger partial charge < -0.3 is 15.0 Å². The molecule has 2 aromatic carbocycles. The number of methoxy groups -OCH3 is 1. The Morgan fingerprint density at radius 1 is 1.12 bits per heavy atom. The summed E-state index contributed by atoms with van der Waals surface area (Å²) in [7, 11) is 3.60. The van der Waals surface area contributed by atoms with Gasteiger partial charge >= 0.3 is 0 Å². The summed E-state index contributed by atoms with van der Waals surface area (Å²) in [5, 5.41) is 3.52. The number of nitrogens with zero attached hydrogens (tertiary/aromatic N) is 2. The molecule has 1 N–H and O–H groups in total. The Morgan fingerprint density at radius 3 is 2.65 bits per heavy atom. The smallest absolute Gasteiger partial charge is 0.193 e. The first-order valence-corrected chi connectivity index (χ1v) is 9.34. The van der Waals surface area contributed by atoms with Crippen LogP contribution in [0.2, 0.25) is 0 Å². The molecular formula is C22H29N3O. The van der Waals surface area contributed by atoms with E-state index in [9.17, 15) is 0 Å². The number of guanidine groups is 1. The fraction of sp³-hybridized carbons (Fsp3) is 0.409. The lowest BCUT2D eigenvalue weighted by molar-refractivity contribution is 0.185. The second kappa shape index (κ2) is 9.39. The number of benzene rings is 2. The summed E-state index contributed by atoms with van der Waals surface area (Å²) in [5.41, 5.74) is 3.88. The average molecular weight is 351 g/mol. The predicted octanol–water partition coefficient (Wildman–Crippen LogP) is 3.47. The largest absolute Gasteiger partial charge is 0.380 e. The van der Waals surface area contributed by atoms with E-state index in [4.69, 9.17) is 4.74 Å². The number of nitrogens with one attached hydrogen (secondary N) is 1. The summed E-state index contributed by atoms with van der Waals surface area (Å²) in [4.78, 5) is 6.87. The Hall–Kier alpha value is -2.33. The summed E-state index contributed by atoms with van der Waals surface area (Å²) in [6, 6.07) is 19.3. The maximum atomic E-state index is 5.22. The number of likely N-dealkylation sites (tertiary alicyclic amines) is 1. The lowest BCUT2D eigenvalue weighted by atomic mass is 9.99. The highest BCUT2D eigenvalue weighted by Crippen LogP contribution is 2.21. The quantitative estimate of drug-likeness (QED) is 0.639. The van der Waals surface area contributed by atoms with Crippen LogP contribution in [0.15, 0.2) is 59.6 Å². The third kappa shape index (κ3) is 5.09. The highest BCUT2D eigenvalue weighted by atomic mass is 16.5. The van der Waals surface area contributed by atoms with Gasteiger partial charge in [-0.05, 0) is 35.4 Å². The Balaban J connectivity index is 1.52. The minimum absolute atomic E-state index is 0.649. The first kappa shape index (κ1) is 18.5. The summed E-state index contributed by atoms with van der Waals surface area (Å²) >= 11 is 0. The average Bonchev–Trinajstić information content (AvgIpc) is 3.12. The molecule has 4 nitrogen and oxygen atoms in total. The van der Waals surface area contributed by atoms with Crippen molar-refractivity contribution in [2.24, 2.45) is 10.9 Å². The van der Waals surface area contributed by atoms with Gasteiger partial charge in [0.1, 0.15) is 0 Å². The third-order valence-electron chi connectivity index (χ3n) is 4.92. The van der Waals surface area contributed by atoms with Gasteiger partial charge in [-0.15, -0.1) is 0 Å². The number of hydrogen-bond donors (Lipinski definition) is 1. The van der Waals surface area contributed by atoms with E-state index in [0.717, 1.165) is 32.0 Å². The van der Waals surface area contributed by atoms with E-state index in [1.165, 1.54) is 23.1 Å². The number of ether oxygens (including phenoxy) is 1. The molecule has 0 amide bonds. The Morgan fingerprint density at radius 2 is 1.88 bits per heavy atom. The lowest BCUT2D eigenvalue weighted by Gasteiger charge is -2.22. The van der Waals surface area contributed by atoms with E-state index < -0.39 is 0 Å². The number of hydrogen-bond acceptors (Lipinski definition) is 2. The van der Waals surface area contributed by atoms with Gasteiger partial charge in [-0.3, -0.25) is 4.99 Å². The van der Waals surface area contributed by atoms with Crippen molar-refractivity contribution in [1.82, 2.24) is 10.2 Å². The van der Waals surface area contributed by atoms with Crippen molar-refractivity contribution in [3.8, 4) is 0 Å². The molecule has 0 aliphatic carbocycles. The molecule has 26 heavy (non-hydrogen) atoms. The summed E-state index contributed by atoms with van der Waals surface area (Å²) in [5.74, 6) is 1.69. The van der Waals surface area contributed by atoms with Crippen molar-refractivity contribution in [3.63, 3.8) is 0 Å². The molecule has 0 bridgehead atoms. The molecular weight excluding hydrogens is 322 g/mol. The predicted molar refractivity (Wildman–Crippen MR) is 107 cm³/mol. The topological polar surface area (TPSA) is 36.9 Å². The third-order valence-corrected chi connectivity index (χ3v) is 4.92. The normalized spacial score (nSPS) is 17.5. The molecule has 1 atom stereocenters. The van der Waals surface area contributed by atoms with E-state index in [1.54, 1.807) is 7.11 Å². The Bertz CT molecular complexity index is 714. The van der Waals surface area contributed by atoms with Crippen LogP contribution in [0.1, 0.15) is 23.1 Å². The van der Waals surface area contributed by atoms with Crippen molar-refractivity contribution in [2.45, 2.75) is 26.0 Å². The highest BCUT2D eigenvalue weighted by Gasteiger charge is 2.24. The second-order valence-corrected chi connectivity index (χ2v) is 6.94. The minimum Gasteiger partial charge on any atom is -0.380 e. The van der Waals surface area contributed by atoms with Gasteiger partial charge in [-0.25, -0.2) is 0 Å². The van der Waals surface area contributed by atoms with Gasteiger partial charge in [-0.1, -0.05) is 54.6 Å². The van der Waals surface area contributed by atoms with Crippen LogP contribution in [0.3, 0.4) is 0 Å². The van der Waals surface area contributed by atoms with Crippen LogP contribution in [0.4, 0.5) is 0 Å². The van der Waals surface area contributed by atoms with Crippen molar-refractivity contribution in [1.29, 1.82) is 0 Å². The molecule has 1 aliphatic rings. The fourth-order valence-electron chi connectivity index (χ4n) is 3.65. The minimum atomic E-state index is 0.649. The molecule has 138 valence electrons. The summed E-state index contributed by atoms with van der Waals surface area (Å²) in [6.07, 6.45) is 2.37. The maximum absolute atomic E-state index is 5.22. The second-order valence-electron chi connectivity index (χ2n) is 6.94. The van der Waals surface area contributed by atoms with Gasteiger partial charge in [0.15, 0.2) is 5.96 Å². The number of rotatable bonds is 6. The molecule has 1 unspecified atom stereocenters. The molecule has 1 saturated heterocycles. The first-order chi connectivity index (χ1) is 12.8. The first-order valence-electron chi connectivity index (χ1n) is 9.34. The molecule has 0 spiro atoms. The van der Waals surface area contributed by atoms with Crippen molar-refractivity contribution in [3.05, 3.63) is 71.3 Å². The fourth-order valence-corrected chi connectivity index (χ4v) is 3.65. The Kier molecular flexibility index (Phi) is 6.67. The van der Waals surface area contributed by atoms with E-state index in [2.05, 4.69) is 69.8 Å². The van der Waals surface area contributed by atoms with Crippen LogP contribution in [-0.2, 0) is 24.3 Å². The van der Waals surface area contributed by atoms with Crippen LogP contribution in [0.25, 0.3) is 0 Å². The van der Waals surface area contributed by atoms with Gasteiger partial charge in [0, 0.05) is 33.8 Å². The molecule has 3 rings (SSSR count). The maximum Gasteiger partial charge on any atom is 0.193 e. The van der Waals surface area contributed by atoms with E-state index in [0.29, 0.717) is 12.5 Å². The molecule has 1 aliphatic heterocycles. The van der Waals surface area contributed by atoms with Crippen LogP contribution >= 0.6 is 0 Å². The lowest BCUT2D eigenvalue weighted by Crippen LogP contribution is -2.39. The van der Waals surface area contributed by atoms with E-state index in [1.807, 2.05) is 7.05 Å². The van der Waals surface area contributed by atoms with E-state index in [-0.39, 0.29) is 0 Å². The van der Waals surface area contributed by atoms with Gasteiger partial charge in [0.2, 0.25) is 0 Å². The van der Waals surface area contributed by atoms with Gasteiger partial charge in [0.05, 0.1) is 6.61 Å². The molecule has 4 heteroatoms. The zero-order valence-electron chi connectivity index (χ0n) is 15.8. The van der Waals surface area contributed by atoms with Crippen LogP contribution in [-0.4, -0.2) is 38.1 Å². The number of aliphatic imine (C=N–C) groups is 1. The monoisotopic (exact) mass is 351 g/mol. The molecule has 0 radical (unpaired) electrons. The molecule has 1 fully saturated rings. The molecule has 0 aromatic heterocycles. The van der Waals surface area contributed by atoms with Crippen LogP contribution in [0.5, 0.6) is 0 Å². The highest BCUT2D eigenvalue weighted by molar-refractivity contribution is 5.80. The summed E-state index contributed by atoms with van der Waals surface area (Å²) < 4.78 is 5.22. The molecule has 0 saturated carbocycles. The van der Waals surface area contributed by atoms with Gasteiger partial charge in [0.25, 0.3) is 0 Å². The standard InChI is InChI=1S/C22H29N3O/c1-23-22(24-15-19-9-6-10-21(14-19)17-26-2)25-12-11-20(16-25)13-18-7-4-3-5-8-18/h3-10,14,20H,11-13,15-17H2,1-2H3,(H,23,24). The Labute approximate surface area is 156 Å². The molecule has 2 aromatic rings. The van der Waals surface area contributed by atoms with Crippen molar-refractivity contribution in [2.75, 3.05) is 27.2 Å². The summed E-state index contributed by atoms with van der Waals surface area (Å²) in [6.45, 7) is 3.57.